The van der Waals surface area contributed by atoms with Crippen LogP contribution in [0, 0.1) is 0 Å². The van der Waals surface area contributed by atoms with Gasteiger partial charge in [-0.3, -0.25) is 9.36 Å². The van der Waals surface area contributed by atoms with Crippen molar-refractivity contribution in [3.63, 3.8) is 0 Å². The molecule has 2 aromatic heterocycles. The van der Waals surface area contributed by atoms with E-state index in [2.05, 4.69) is 10.3 Å². The smallest absolute Gasteiger partial charge is 0.408 e. The lowest BCUT2D eigenvalue weighted by Gasteiger charge is -2.22. The highest BCUT2D eigenvalue weighted by molar-refractivity contribution is 7.22. The molecule has 0 aliphatic carbocycles. The Bertz CT molecular complexity index is 1480. The summed E-state index contributed by atoms with van der Waals surface area (Å²) in [5, 5.41) is 3.16. The van der Waals surface area contributed by atoms with Crippen LogP contribution in [0.2, 0.25) is 5.02 Å². The van der Waals surface area contributed by atoms with E-state index in [-0.39, 0.29) is 12.2 Å². The summed E-state index contributed by atoms with van der Waals surface area (Å²) >= 11 is 7.36. The van der Waals surface area contributed by atoms with Crippen LogP contribution in [0.4, 0.5) is 4.79 Å². The Morgan fingerprint density at radius 2 is 1.89 bits per heavy atom. The number of thiophene rings is 1. The second-order valence-corrected chi connectivity index (χ2v) is 10.6. The highest BCUT2D eigenvalue weighted by Gasteiger charge is 2.19. The second kappa shape index (κ2) is 10.8. The average molecular weight is 543 g/mol. The highest BCUT2D eigenvalue weighted by Crippen LogP contribution is 2.33. The molecule has 194 valence electrons. The number of carbonyl (C=O) groups is 1. The maximum absolute atomic E-state index is 13.3. The van der Waals surface area contributed by atoms with E-state index in [1.807, 2.05) is 30.3 Å². The van der Waals surface area contributed by atoms with Crippen molar-refractivity contribution in [1.29, 1.82) is 0 Å². The fourth-order valence-corrected chi connectivity index (χ4v) is 4.63. The Balaban J connectivity index is 1.53. The van der Waals surface area contributed by atoms with Gasteiger partial charge < -0.3 is 25.3 Å². The first kappa shape index (κ1) is 26.5. The number of ether oxygens (including phenoxy) is 3. The van der Waals surface area contributed by atoms with Gasteiger partial charge in [0.2, 0.25) is 0 Å². The molecule has 9 nitrogen and oxygen atoms in total. The Labute approximate surface area is 222 Å². The molecular formula is C26H27ClN4O5S. The number of nitrogens with zero attached hydrogens (tertiary/aromatic N) is 2. The van der Waals surface area contributed by atoms with Gasteiger partial charge >= 0.3 is 6.09 Å². The third-order valence-electron chi connectivity index (χ3n) is 5.11. The van der Waals surface area contributed by atoms with Crippen molar-refractivity contribution < 1.29 is 19.0 Å². The maximum Gasteiger partial charge on any atom is 0.408 e. The van der Waals surface area contributed by atoms with Crippen molar-refractivity contribution in [2.24, 2.45) is 5.73 Å². The van der Waals surface area contributed by atoms with Crippen LogP contribution in [-0.4, -0.2) is 41.1 Å². The van der Waals surface area contributed by atoms with Crippen LogP contribution in [0.3, 0.4) is 0 Å². The van der Waals surface area contributed by atoms with Crippen molar-refractivity contribution in [2.75, 3.05) is 13.7 Å². The number of benzene rings is 2. The van der Waals surface area contributed by atoms with E-state index in [4.69, 9.17) is 31.5 Å². The molecular weight excluding hydrogens is 516 g/mol. The molecule has 0 fully saturated rings. The van der Waals surface area contributed by atoms with Crippen LogP contribution in [-0.2, 0) is 4.74 Å². The number of amides is 1. The second-order valence-electron chi connectivity index (χ2n) is 9.15. The zero-order valence-electron chi connectivity index (χ0n) is 20.8. The van der Waals surface area contributed by atoms with Crippen molar-refractivity contribution in [3.8, 4) is 27.6 Å². The summed E-state index contributed by atoms with van der Waals surface area (Å²) in [7, 11) is 1.49. The van der Waals surface area contributed by atoms with E-state index in [1.54, 1.807) is 39.0 Å². The quantitative estimate of drug-likeness (QED) is 0.317. The van der Waals surface area contributed by atoms with Crippen LogP contribution in [0.1, 0.15) is 20.8 Å². The van der Waals surface area contributed by atoms with Gasteiger partial charge in [0.1, 0.15) is 29.4 Å². The maximum atomic E-state index is 13.3. The molecule has 0 bridgehead atoms. The molecule has 0 unspecified atom stereocenters. The summed E-state index contributed by atoms with van der Waals surface area (Å²) < 4.78 is 18.4. The lowest BCUT2D eigenvalue weighted by atomic mass is 10.2. The van der Waals surface area contributed by atoms with Crippen molar-refractivity contribution in [1.82, 2.24) is 14.9 Å². The van der Waals surface area contributed by atoms with Gasteiger partial charge in [0.15, 0.2) is 11.5 Å². The number of hydrogen-bond acceptors (Lipinski definition) is 8. The lowest BCUT2D eigenvalue weighted by Crippen LogP contribution is -2.47. The van der Waals surface area contributed by atoms with Crippen molar-refractivity contribution in [3.05, 3.63) is 70.2 Å². The molecule has 11 heteroatoms. The SMILES string of the molecule is COc1cc(-n2cnc3cc(-c4ccc(Cl)cc4)sc3c2=O)ccc1OC[C@H](N)NC(=O)OC(C)(C)C. The lowest BCUT2D eigenvalue weighted by molar-refractivity contribution is 0.0489. The van der Waals surface area contributed by atoms with Crippen molar-refractivity contribution in [2.45, 2.75) is 32.5 Å². The first-order valence-corrected chi connectivity index (χ1v) is 12.6. The molecule has 2 aromatic carbocycles. The monoisotopic (exact) mass is 542 g/mol. The van der Waals surface area contributed by atoms with Crippen LogP contribution >= 0.6 is 22.9 Å². The van der Waals surface area contributed by atoms with Crippen LogP contribution in [0.5, 0.6) is 11.5 Å². The predicted molar refractivity (Wildman–Crippen MR) is 145 cm³/mol. The highest BCUT2D eigenvalue weighted by atomic mass is 35.5. The molecule has 2 heterocycles. The number of aromatic nitrogens is 2. The molecule has 1 amide bonds. The van der Waals surface area contributed by atoms with Crippen LogP contribution in [0.15, 0.2) is 59.7 Å². The summed E-state index contributed by atoms with van der Waals surface area (Å²) in [6.07, 6.45) is 0.0435. The first-order chi connectivity index (χ1) is 17.5. The number of nitrogens with one attached hydrogen (secondary N) is 1. The molecule has 0 aliphatic heterocycles. The topological polar surface area (TPSA) is 118 Å². The van der Waals surface area contributed by atoms with Crippen LogP contribution in [0.25, 0.3) is 26.3 Å². The Hall–Kier alpha value is -3.60. The minimum atomic E-state index is -0.804. The molecule has 0 spiro atoms. The van der Waals surface area contributed by atoms with Crippen LogP contribution < -0.4 is 26.1 Å². The standard InChI is InChI=1S/C26H27ClN4O5S/c1-26(2,3)36-25(33)30-22(28)13-35-19-10-9-17(11-20(19)34-4)31-14-29-18-12-21(37-23(18)24(31)32)15-5-7-16(27)8-6-15/h5-12,14,22H,13,28H2,1-4H3,(H,30,33)/t22-/m1/s1. The minimum absolute atomic E-state index is 0.0227. The number of fused-ring (bicyclic) bond motifs is 1. The number of rotatable bonds is 7. The van der Waals surface area contributed by atoms with E-state index in [1.165, 1.54) is 29.3 Å². The van der Waals surface area contributed by atoms with E-state index >= 15 is 0 Å². The number of carbonyl (C=O) groups excluding carboxylic acids is 1. The van der Waals surface area contributed by atoms with E-state index < -0.39 is 17.9 Å². The van der Waals surface area contributed by atoms with Gasteiger partial charge in [-0.05, 0) is 56.7 Å². The molecule has 0 radical (unpaired) electrons. The van der Waals surface area contributed by atoms with Gasteiger partial charge in [0.25, 0.3) is 5.56 Å². The van der Waals surface area contributed by atoms with Gasteiger partial charge in [-0.2, -0.15) is 0 Å². The molecule has 0 saturated heterocycles. The van der Waals surface area contributed by atoms with E-state index in [9.17, 15) is 9.59 Å². The Morgan fingerprint density at radius 1 is 1.16 bits per heavy atom. The fraction of sp³-hybridized carbons (Fsp3) is 0.269. The Kier molecular flexibility index (Phi) is 7.72. The molecule has 4 rings (SSSR count). The fourth-order valence-electron chi connectivity index (χ4n) is 3.46. The zero-order valence-corrected chi connectivity index (χ0v) is 22.4. The molecule has 3 N–H and O–H groups in total. The first-order valence-electron chi connectivity index (χ1n) is 11.4. The number of alkyl carbamates (subject to hydrolysis) is 1. The molecule has 4 aromatic rings. The van der Waals surface area contributed by atoms with Crippen molar-refractivity contribution >= 4 is 39.2 Å². The van der Waals surface area contributed by atoms with E-state index in [0.29, 0.717) is 32.4 Å². The van der Waals surface area contributed by atoms with Gasteiger partial charge in [0, 0.05) is 16.0 Å². The molecule has 1 atom stereocenters. The molecule has 37 heavy (non-hydrogen) atoms. The summed E-state index contributed by atoms with van der Waals surface area (Å²) in [6, 6.07) is 14.4. The summed E-state index contributed by atoms with van der Waals surface area (Å²) in [5.41, 5.74) is 7.24. The van der Waals surface area contributed by atoms with Gasteiger partial charge in [-0.1, -0.05) is 23.7 Å². The number of methoxy groups -OCH3 is 1. The van der Waals surface area contributed by atoms with Gasteiger partial charge in [0.05, 0.1) is 18.3 Å². The number of halogens is 1. The molecule has 0 saturated carbocycles. The Morgan fingerprint density at radius 3 is 2.57 bits per heavy atom. The number of nitrogens with two attached hydrogens (primary N) is 1. The van der Waals surface area contributed by atoms with Gasteiger partial charge in [-0.25, -0.2) is 9.78 Å². The number of hydrogen-bond donors (Lipinski definition) is 2. The third-order valence-corrected chi connectivity index (χ3v) is 6.53. The average Bonchev–Trinajstić information content (AvgIpc) is 3.27. The summed E-state index contributed by atoms with van der Waals surface area (Å²) in [6.45, 7) is 5.26. The normalized spacial score (nSPS) is 12.3. The zero-order chi connectivity index (χ0) is 26.7. The third kappa shape index (κ3) is 6.40. The van der Waals surface area contributed by atoms with Gasteiger partial charge in [-0.15, -0.1) is 11.3 Å². The largest absolute Gasteiger partial charge is 0.493 e. The minimum Gasteiger partial charge on any atom is -0.493 e. The molecule has 0 aliphatic rings. The summed E-state index contributed by atoms with van der Waals surface area (Å²) in [5.74, 6) is 0.790. The summed E-state index contributed by atoms with van der Waals surface area (Å²) in [4.78, 5) is 30.6. The van der Waals surface area contributed by atoms with E-state index in [0.717, 1.165) is 10.4 Å². The predicted octanol–water partition coefficient (Wildman–Crippen LogP) is 4.96.